The van der Waals surface area contributed by atoms with E-state index in [2.05, 4.69) is 25.9 Å². The Morgan fingerprint density at radius 2 is 2.22 bits per heavy atom. The normalized spacial score (nSPS) is 15.9. The zero-order chi connectivity index (χ0) is 12.9. The molecule has 94 valence electrons. The Balaban J connectivity index is 2.00. The van der Waals surface area contributed by atoms with Gasteiger partial charge in [0, 0.05) is 23.8 Å². The minimum atomic E-state index is -0.893. The van der Waals surface area contributed by atoms with Crippen molar-refractivity contribution in [2.24, 2.45) is 0 Å². The van der Waals surface area contributed by atoms with Crippen molar-refractivity contribution >= 4 is 38.9 Å². The van der Waals surface area contributed by atoms with Crippen LogP contribution in [-0.4, -0.2) is 43.7 Å². The third kappa shape index (κ3) is 1.52. The average molecular weight is 312 g/mol. The zero-order valence-corrected chi connectivity index (χ0v) is 10.8. The summed E-state index contributed by atoms with van der Waals surface area (Å²) in [4.78, 5) is 20.3. The molecule has 0 spiro atoms. The van der Waals surface area contributed by atoms with E-state index in [-0.39, 0.29) is 6.04 Å². The van der Waals surface area contributed by atoms with Crippen LogP contribution < -0.4 is 5.73 Å². The van der Waals surface area contributed by atoms with Gasteiger partial charge in [0.05, 0.1) is 11.4 Å². The number of fused-ring (bicyclic) bond motifs is 1. The molecule has 0 bridgehead atoms. The minimum Gasteiger partial charge on any atom is -0.465 e. The molecule has 0 aliphatic carbocycles. The fourth-order valence-electron chi connectivity index (χ4n) is 2.13. The van der Waals surface area contributed by atoms with Gasteiger partial charge in [-0.25, -0.2) is 14.8 Å². The molecule has 2 aromatic rings. The van der Waals surface area contributed by atoms with Crippen LogP contribution in [0, 0.1) is 0 Å². The lowest BCUT2D eigenvalue weighted by Crippen LogP contribution is -2.50. The number of rotatable bonds is 1. The quantitative estimate of drug-likeness (QED) is 0.827. The summed E-state index contributed by atoms with van der Waals surface area (Å²) in [6, 6.07) is 0.101. The number of halogens is 1. The molecule has 1 saturated heterocycles. The fraction of sp³-hybridized carbons (Fsp3) is 0.300. The van der Waals surface area contributed by atoms with E-state index in [0.717, 1.165) is 15.5 Å². The smallest absolute Gasteiger partial charge is 0.407 e. The van der Waals surface area contributed by atoms with Crippen molar-refractivity contribution in [1.82, 2.24) is 19.4 Å². The summed E-state index contributed by atoms with van der Waals surface area (Å²) in [6.45, 7) is 0.935. The number of aromatic nitrogens is 3. The molecule has 7 nitrogen and oxygen atoms in total. The monoisotopic (exact) mass is 311 g/mol. The van der Waals surface area contributed by atoms with Gasteiger partial charge in [-0.3, -0.25) is 0 Å². The molecular weight excluding hydrogens is 302 g/mol. The number of carbonyl (C=O) groups is 1. The van der Waals surface area contributed by atoms with Crippen molar-refractivity contribution in [3.05, 3.63) is 17.0 Å². The van der Waals surface area contributed by atoms with Gasteiger partial charge in [0.1, 0.15) is 17.8 Å². The summed E-state index contributed by atoms with van der Waals surface area (Å²) < 4.78 is 2.76. The largest absolute Gasteiger partial charge is 0.465 e. The van der Waals surface area contributed by atoms with Crippen molar-refractivity contribution in [2.45, 2.75) is 6.04 Å². The number of amides is 1. The highest BCUT2D eigenvalue weighted by Gasteiger charge is 2.33. The molecule has 0 aromatic carbocycles. The van der Waals surface area contributed by atoms with Crippen LogP contribution in [0.15, 0.2) is 17.0 Å². The summed E-state index contributed by atoms with van der Waals surface area (Å²) in [5, 5.41) is 9.59. The van der Waals surface area contributed by atoms with Crippen LogP contribution in [-0.2, 0) is 0 Å². The molecule has 0 unspecified atom stereocenters. The molecule has 2 aromatic heterocycles. The summed E-state index contributed by atoms with van der Waals surface area (Å²) in [5.41, 5.74) is 6.53. The van der Waals surface area contributed by atoms with E-state index in [0.29, 0.717) is 18.9 Å². The number of nitrogens with two attached hydrogens (primary N) is 1. The maximum Gasteiger partial charge on any atom is 0.407 e. The van der Waals surface area contributed by atoms with Crippen molar-refractivity contribution in [1.29, 1.82) is 0 Å². The Morgan fingerprint density at radius 1 is 1.50 bits per heavy atom. The number of hydrogen-bond acceptors (Lipinski definition) is 4. The lowest BCUT2D eigenvalue weighted by atomic mass is 10.1. The minimum absolute atomic E-state index is 0.101. The molecule has 1 aliphatic heterocycles. The maximum absolute atomic E-state index is 10.7. The molecular formula is C10H10BrN5O2. The first kappa shape index (κ1) is 11.3. The molecule has 18 heavy (non-hydrogen) atoms. The van der Waals surface area contributed by atoms with E-state index in [1.807, 2.05) is 10.8 Å². The molecule has 3 rings (SSSR count). The SMILES string of the molecule is Nc1ncnc2c1c(Br)cn2C1CN(C(=O)O)C1. The molecule has 0 atom stereocenters. The number of carboxylic acid groups (broad SMARTS) is 1. The number of nitrogen functional groups attached to an aromatic ring is 1. The number of likely N-dealkylation sites (tertiary alicyclic amines) is 1. The Kier molecular flexibility index (Phi) is 2.40. The van der Waals surface area contributed by atoms with E-state index in [1.54, 1.807) is 0 Å². The van der Waals surface area contributed by atoms with Gasteiger partial charge in [0.25, 0.3) is 0 Å². The third-order valence-electron chi connectivity index (χ3n) is 3.12. The Hall–Kier alpha value is -1.83. The lowest BCUT2D eigenvalue weighted by Gasteiger charge is -2.37. The van der Waals surface area contributed by atoms with Crippen molar-refractivity contribution in [3.63, 3.8) is 0 Å². The Bertz CT molecular complexity index is 634. The second-order valence-corrected chi connectivity index (χ2v) is 5.04. The van der Waals surface area contributed by atoms with E-state index in [1.165, 1.54) is 11.2 Å². The highest BCUT2D eigenvalue weighted by Crippen LogP contribution is 2.33. The molecule has 1 aliphatic rings. The summed E-state index contributed by atoms with van der Waals surface area (Å²) >= 11 is 3.42. The Labute approximate surface area is 110 Å². The molecule has 3 N–H and O–H groups in total. The average Bonchev–Trinajstić information content (AvgIpc) is 2.55. The van der Waals surface area contributed by atoms with Gasteiger partial charge in [-0.1, -0.05) is 0 Å². The Morgan fingerprint density at radius 3 is 2.89 bits per heavy atom. The molecule has 1 fully saturated rings. The van der Waals surface area contributed by atoms with Crippen LogP contribution in [0.25, 0.3) is 11.0 Å². The van der Waals surface area contributed by atoms with Crippen molar-refractivity contribution < 1.29 is 9.90 Å². The highest BCUT2D eigenvalue weighted by atomic mass is 79.9. The predicted octanol–water partition coefficient (Wildman–Crippen LogP) is 1.31. The van der Waals surface area contributed by atoms with Gasteiger partial charge in [0.2, 0.25) is 0 Å². The van der Waals surface area contributed by atoms with Gasteiger partial charge in [-0.15, -0.1) is 0 Å². The van der Waals surface area contributed by atoms with Crippen LogP contribution >= 0.6 is 15.9 Å². The van der Waals surface area contributed by atoms with E-state index in [4.69, 9.17) is 10.8 Å². The fourth-order valence-corrected chi connectivity index (χ4v) is 2.73. The van der Waals surface area contributed by atoms with Gasteiger partial charge in [-0.2, -0.15) is 0 Å². The van der Waals surface area contributed by atoms with E-state index >= 15 is 0 Å². The van der Waals surface area contributed by atoms with Crippen LogP contribution in [0.1, 0.15) is 6.04 Å². The first-order valence-corrected chi connectivity index (χ1v) is 6.11. The van der Waals surface area contributed by atoms with Crippen LogP contribution in [0.5, 0.6) is 0 Å². The molecule has 0 radical (unpaired) electrons. The molecule has 3 heterocycles. The van der Waals surface area contributed by atoms with Crippen LogP contribution in [0.4, 0.5) is 10.6 Å². The summed E-state index contributed by atoms with van der Waals surface area (Å²) in [7, 11) is 0. The number of anilines is 1. The molecule has 8 heteroatoms. The second-order valence-electron chi connectivity index (χ2n) is 4.18. The van der Waals surface area contributed by atoms with Crippen molar-refractivity contribution in [3.8, 4) is 0 Å². The first-order valence-electron chi connectivity index (χ1n) is 5.32. The predicted molar refractivity (Wildman–Crippen MR) is 68.3 cm³/mol. The van der Waals surface area contributed by atoms with Crippen LogP contribution in [0.2, 0.25) is 0 Å². The maximum atomic E-state index is 10.7. The molecule has 0 saturated carbocycles. The number of hydrogen-bond donors (Lipinski definition) is 2. The topological polar surface area (TPSA) is 97.3 Å². The van der Waals surface area contributed by atoms with Crippen molar-refractivity contribution in [2.75, 3.05) is 18.8 Å². The zero-order valence-electron chi connectivity index (χ0n) is 9.25. The van der Waals surface area contributed by atoms with Gasteiger partial charge in [0.15, 0.2) is 0 Å². The van der Waals surface area contributed by atoms with Gasteiger partial charge >= 0.3 is 6.09 Å². The lowest BCUT2D eigenvalue weighted by molar-refractivity contribution is 0.0869. The van der Waals surface area contributed by atoms with Gasteiger partial charge < -0.3 is 20.3 Å². The first-order chi connectivity index (χ1) is 8.58. The van der Waals surface area contributed by atoms with E-state index in [9.17, 15) is 4.79 Å². The standard InChI is InChI=1S/C10H10BrN5O2/c11-6-3-16(5-1-15(2-5)10(17)18)9-7(6)8(12)13-4-14-9/h3-5H,1-2H2,(H,17,18)(H2,12,13,14). The van der Waals surface area contributed by atoms with Crippen LogP contribution in [0.3, 0.4) is 0 Å². The third-order valence-corrected chi connectivity index (χ3v) is 3.72. The highest BCUT2D eigenvalue weighted by molar-refractivity contribution is 9.10. The summed E-state index contributed by atoms with van der Waals surface area (Å²) in [6.07, 6.45) is 2.39. The summed E-state index contributed by atoms with van der Waals surface area (Å²) in [5.74, 6) is 0.417. The van der Waals surface area contributed by atoms with E-state index < -0.39 is 6.09 Å². The number of nitrogens with zero attached hydrogens (tertiary/aromatic N) is 4. The second kappa shape index (κ2) is 3.84. The van der Waals surface area contributed by atoms with Gasteiger partial charge in [-0.05, 0) is 15.9 Å². The molecule has 1 amide bonds.